The average Bonchev–Trinajstić information content (AvgIpc) is 3.00. The average molecular weight is 405 g/mol. The van der Waals surface area contributed by atoms with E-state index in [2.05, 4.69) is 10.4 Å². The molecule has 1 amide bonds. The van der Waals surface area contributed by atoms with Crippen molar-refractivity contribution in [1.29, 1.82) is 0 Å². The minimum atomic E-state index is -0.881. The Balaban J connectivity index is 2.12. The molecule has 1 aliphatic rings. The number of anilines is 2. The van der Waals surface area contributed by atoms with Crippen LogP contribution in [0.4, 0.5) is 16.2 Å². The second kappa shape index (κ2) is 9.40. The Bertz CT molecular complexity index is 769. The second-order valence-corrected chi connectivity index (χ2v) is 7.38. The van der Waals surface area contributed by atoms with Gasteiger partial charge in [0.1, 0.15) is 17.8 Å². The lowest BCUT2D eigenvalue weighted by Gasteiger charge is -2.20. The molecule has 1 N–H and O–H groups in total. The summed E-state index contributed by atoms with van der Waals surface area (Å²) in [6.45, 7) is 9.02. The van der Waals surface area contributed by atoms with Gasteiger partial charge >= 0.3 is 12.1 Å². The minimum Gasteiger partial charge on any atom is -0.465 e. The van der Waals surface area contributed by atoms with Gasteiger partial charge in [0, 0.05) is 12.1 Å². The zero-order valence-corrected chi connectivity index (χ0v) is 17.3. The summed E-state index contributed by atoms with van der Waals surface area (Å²) in [6, 6.07) is 6.90. The zero-order chi connectivity index (χ0) is 21.6. The number of esters is 1. The molecule has 158 valence electrons. The molecule has 9 heteroatoms. The molecule has 1 aromatic rings. The summed E-state index contributed by atoms with van der Waals surface area (Å²) in [4.78, 5) is 34.9. The van der Waals surface area contributed by atoms with Gasteiger partial charge in [-0.05, 0) is 58.9 Å². The quantitative estimate of drug-likeness (QED) is 0.548. The maximum atomic E-state index is 12.1. The van der Waals surface area contributed by atoms with Crippen molar-refractivity contribution >= 4 is 35.6 Å². The van der Waals surface area contributed by atoms with Gasteiger partial charge in [0.25, 0.3) is 0 Å². The van der Waals surface area contributed by atoms with E-state index in [1.807, 2.05) is 0 Å². The van der Waals surface area contributed by atoms with E-state index < -0.39 is 29.8 Å². The maximum absolute atomic E-state index is 12.1. The molecule has 2 unspecified atom stereocenters. The van der Waals surface area contributed by atoms with Crippen LogP contribution in [0.1, 0.15) is 41.0 Å². The molecule has 2 atom stereocenters. The highest BCUT2D eigenvalue weighted by atomic mass is 16.6. The summed E-state index contributed by atoms with van der Waals surface area (Å²) >= 11 is 0. The highest BCUT2D eigenvalue weighted by Gasteiger charge is 2.35. The Kier molecular flexibility index (Phi) is 7.19. The van der Waals surface area contributed by atoms with Gasteiger partial charge in [0.2, 0.25) is 5.90 Å². The van der Waals surface area contributed by atoms with E-state index in [0.29, 0.717) is 17.7 Å². The Hall–Kier alpha value is -3.10. The van der Waals surface area contributed by atoms with Gasteiger partial charge in [0.05, 0.1) is 12.3 Å². The van der Waals surface area contributed by atoms with E-state index in [-0.39, 0.29) is 18.9 Å². The molecular weight excluding hydrogens is 378 g/mol. The van der Waals surface area contributed by atoms with Crippen LogP contribution < -0.4 is 10.3 Å². The monoisotopic (exact) mass is 405 g/mol. The molecule has 1 aromatic carbocycles. The molecule has 2 rings (SSSR count). The molecule has 0 aliphatic carbocycles. The van der Waals surface area contributed by atoms with Crippen LogP contribution in [0.2, 0.25) is 0 Å². The number of nitrogens with zero attached hydrogens (tertiary/aromatic N) is 2. The van der Waals surface area contributed by atoms with Gasteiger partial charge in [-0.3, -0.25) is 10.1 Å². The molecule has 1 heterocycles. The number of benzene rings is 1. The van der Waals surface area contributed by atoms with E-state index in [9.17, 15) is 14.4 Å². The first-order chi connectivity index (χ1) is 13.6. The fraction of sp³-hybridized carbons (Fsp3) is 0.500. The molecule has 0 spiro atoms. The summed E-state index contributed by atoms with van der Waals surface area (Å²) < 4.78 is 15.9. The highest BCUT2D eigenvalue weighted by Crippen LogP contribution is 2.27. The van der Waals surface area contributed by atoms with Crippen molar-refractivity contribution in [2.75, 3.05) is 16.9 Å². The highest BCUT2D eigenvalue weighted by molar-refractivity contribution is 6.00. The first-order valence-corrected chi connectivity index (χ1v) is 9.39. The fourth-order valence-electron chi connectivity index (χ4n) is 2.61. The lowest BCUT2D eigenvalue weighted by atomic mass is 10.1. The molecule has 0 bridgehead atoms. The van der Waals surface area contributed by atoms with Crippen molar-refractivity contribution < 1.29 is 28.6 Å². The molecule has 1 aliphatic heterocycles. The van der Waals surface area contributed by atoms with Crippen LogP contribution in [0.25, 0.3) is 0 Å². The van der Waals surface area contributed by atoms with Crippen molar-refractivity contribution in [3.63, 3.8) is 0 Å². The third-order valence-corrected chi connectivity index (χ3v) is 3.82. The molecule has 0 saturated heterocycles. The Morgan fingerprint density at radius 1 is 1.31 bits per heavy atom. The van der Waals surface area contributed by atoms with Gasteiger partial charge < -0.3 is 19.0 Å². The van der Waals surface area contributed by atoms with E-state index in [4.69, 9.17) is 14.2 Å². The number of carbonyl (C=O) groups is 3. The predicted molar refractivity (Wildman–Crippen MR) is 108 cm³/mol. The van der Waals surface area contributed by atoms with Crippen molar-refractivity contribution in [1.82, 2.24) is 0 Å². The summed E-state index contributed by atoms with van der Waals surface area (Å²) in [5, 5.41) is 8.60. The number of hydrogen-bond donors (Lipinski definition) is 1. The summed E-state index contributed by atoms with van der Waals surface area (Å²) in [5.74, 6) is -1.30. The molecule has 0 saturated carbocycles. The van der Waals surface area contributed by atoms with Gasteiger partial charge in [-0.2, -0.15) is 0 Å². The SMILES string of the molecule is CCOC(=O)C(CC=O)C1=NN(c2ccc(NC(=O)OC(C)(C)C)cc2)C(C)O1. The first kappa shape index (κ1) is 22.2. The number of aldehydes is 1. The first-order valence-electron chi connectivity index (χ1n) is 9.39. The molecule has 0 aromatic heterocycles. The largest absolute Gasteiger partial charge is 0.465 e. The Morgan fingerprint density at radius 2 is 1.97 bits per heavy atom. The number of ether oxygens (including phenoxy) is 3. The number of amides is 1. The zero-order valence-electron chi connectivity index (χ0n) is 17.3. The lowest BCUT2D eigenvalue weighted by Crippen LogP contribution is -2.28. The Labute approximate surface area is 170 Å². The molecule has 0 radical (unpaired) electrons. The number of carbonyl (C=O) groups excluding carboxylic acids is 3. The van der Waals surface area contributed by atoms with Crippen LogP contribution >= 0.6 is 0 Å². The van der Waals surface area contributed by atoms with Crippen LogP contribution in [0, 0.1) is 5.92 Å². The second-order valence-electron chi connectivity index (χ2n) is 7.38. The van der Waals surface area contributed by atoms with Crippen molar-refractivity contribution in [2.45, 2.75) is 52.9 Å². The van der Waals surface area contributed by atoms with E-state index in [0.717, 1.165) is 0 Å². The summed E-state index contributed by atoms with van der Waals surface area (Å²) in [5.41, 5.74) is 0.662. The van der Waals surface area contributed by atoms with Crippen molar-refractivity contribution in [3.05, 3.63) is 24.3 Å². The van der Waals surface area contributed by atoms with E-state index in [1.54, 1.807) is 63.9 Å². The van der Waals surface area contributed by atoms with Crippen LogP contribution in [0.15, 0.2) is 29.4 Å². The smallest absolute Gasteiger partial charge is 0.412 e. The summed E-state index contributed by atoms with van der Waals surface area (Å²) in [6.07, 6.45) is -0.456. The number of rotatable bonds is 7. The topological polar surface area (TPSA) is 107 Å². The number of nitrogens with one attached hydrogen (secondary N) is 1. The van der Waals surface area contributed by atoms with Crippen molar-refractivity contribution in [2.24, 2.45) is 11.0 Å². The standard InChI is InChI=1S/C20H27N3O6/c1-6-27-18(25)16(11-12-24)17-22-23(13(2)28-17)15-9-7-14(8-10-15)21-19(26)29-20(3,4)5/h7-10,12-13,16H,6,11H2,1-5H3,(H,21,26). The molecule has 0 fully saturated rings. The van der Waals surface area contributed by atoms with Gasteiger partial charge in [-0.15, -0.1) is 5.10 Å². The lowest BCUT2D eigenvalue weighted by molar-refractivity contribution is -0.146. The van der Waals surface area contributed by atoms with E-state index in [1.165, 1.54) is 0 Å². The van der Waals surface area contributed by atoms with E-state index >= 15 is 0 Å². The molecular formula is C20H27N3O6. The van der Waals surface area contributed by atoms with Crippen molar-refractivity contribution in [3.8, 4) is 0 Å². The van der Waals surface area contributed by atoms with Crippen LogP contribution in [-0.4, -0.2) is 42.7 Å². The minimum absolute atomic E-state index is 0.0724. The molecule has 9 nitrogen and oxygen atoms in total. The van der Waals surface area contributed by atoms with Crippen LogP contribution in [0.3, 0.4) is 0 Å². The number of hydrogen-bond acceptors (Lipinski definition) is 8. The normalized spacial score (nSPS) is 17.1. The predicted octanol–water partition coefficient (Wildman–Crippen LogP) is 3.30. The van der Waals surface area contributed by atoms with Crippen LogP contribution in [-0.2, 0) is 23.8 Å². The number of hydrazone groups is 1. The third-order valence-electron chi connectivity index (χ3n) is 3.82. The molecule has 29 heavy (non-hydrogen) atoms. The Morgan fingerprint density at radius 3 is 2.52 bits per heavy atom. The van der Waals surface area contributed by atoms with Gasteiger partial charge in [0.15, 0.2) is 6.23 Å². The third kappa shape index (κ3) is 6.20. The summed E-state index contributed by atoms with van der Waals surface area (Å²) in [7, 11) is 0. The van der Waals surface area contributed by atoms with Gasteiger partial charge in [-0.1, -0.05) is 0 Å². The fourth-order valence-corrected chi connectivity index (χ4v) is 2.61. The van der Waals surface area contributed by atoms with Gasteiger partial charge in [-0.25, -0.2) is 9.80 Å². The van der Waals surface area contributed by atoms with Crippen LogP contribution in [0.5, 0.6) is 0 Å². The maximum Gasteiger partial charge on any atom is 0.412 e.